The van der Waals surface area contributed by atoms with Crippen molar-refractivity contribution in [2.45, 2.75) is 19.4 Å². The van der Waals surface area contributed by atoms with Crippen LogP contribution in [0.5, 0.6) is 0 Å². The van der Waals surface area contributed by atoms with Crippen molar-refractivity contribution in [2.75, 3.05) is 7.05 Å². The number of nitrogens with one attached hydrogen (secondary N) is 1. The van der Waals surface area contributed by atoms with E-state index in [1.807, 2.05) is 25.4 Å². The second-order valence-electron chi connectivity index (χ2n) is 3.96. The lowest BCUT2D eigenvalue weighted by molar-refractivity contribution is 0.417. The van der Waals surface area contributed by atoms with E-state index in [0.717, 1.165) is 15.9 Å². The fraction of sp³-hybridized carbons (Fsp3) is 0.400. The molecule has 0 amide bonds. The van der Waals surface area contributed by atoms with E-state index >= 15 is 0 Å². The molecule has 2 rings (SSSR count). The molecule has 4 nitrogen and oxygen atoms in total. The number of aromatic nitrogens is 3. The Kier molecular flexibility index (Phi) is 2.52. The van der Waals surface area contributed by atoms with Gasteiger partial charge in [0, 0.05) is 10.7 Å². The summed E-state index contributed by atoms with van der Waals surface area (Å²) in [5.41, 5.74) is 0.640. The molecule has 1 N–H and O–H groups in total. The Bertz CT molecular complexity index is 489. The van der Waals surface area contributed by atoms with E-state index in [9.17, 15) is 0 Å². The summed E-state index contributed by atoms with van der Waals surface area (Å²) in [6.07, 6.45) is 1.89. The second kappa shape index (κ2) is 3.57. The highest BCUT2D eigenvalue weighted by molar-refractivity contribution is 9.10. The Labute approximate surface area is 96.8 Å². The largest absolute Gasteiger partial charge is 0.308 e. The van der Waals surface area contributed by atoms with Gasteiger partial charge in [0.15, 0.2) is 11.5 Å². The van der Waals surface area contributed by atoms with Crippen LogP contribution in [0.2, 0.25) is 0 Å². The second-order valence-corrected chi connectivity index (χ2v) is 4.87. The Morgan fingerprint density at radius 3 is 2.87 bits per heavy atom. The number of rotatable bonds is 2. The topological polar surface area (TPSA) is 42.2 Å². The molecule has 0 atom stereocenters. The molecule has 2 aromatic heterocycles. The van der Waals surface area contributed by atoms with Crippen LogP contribution < -0.4 is 5.32 Å². The first kappa shape index (κ1) is 10.6. The molecule has 0 aliphatic carbocycles. The number of hydrogen-bond acceptors (Lipinski definition) is 3. The lowest BCUT2D eigenvalue weighted by Crippen LogP contribution is -2.34. The van der Waals surface area contributed by atoms with Crippen molar-refractivity contribution in [1.82, 2.24) is 19.9 Å². The van der Waals surface area contributed by atoms with Crippen molar-refractivity contribution in [2.24, 2.45) is 0 Å². The predicted molar refractivity (Wildman–Crippen MR) is 62.8 cm³/mol. The maximum absolute atomic E-state index is 4.48. The fourth-order valence-corrected chi connectivity index (χ4v) is 1.56. The molecule has 0 radical (unpaired) electrons. The molecule has 0 saturated heterocycles. The summed E-state index contributed by atoms with van der Waals surface area (Å²) in [5, 5.41) is 7.60. The standard InChI is InChI=1S/C10H13BrN4/c1-10(2,12-3)9-13-8-6-7(11)4-5-15(8)14-9/h4-6,12H,1-3H3. The quantitative estimate of drug-likeness (QED) is 0.906. The van der Waals surface area contributed by atoms with Crippen LogP contribution in [0.25, 0.3) is 5.65 Å². The summed E-state index contributed by atoms with van der Waals surface area (Å²) in [6.45, 7) is 4.10. The molecule has 0 fully saturated rings. The SMILES string of the molecule is CNC(C)(C)c1nc2cc(Br)ccn2n1. The van der Waals surface area contributed by atoms with E-state index in [4.69, 9.17) is 0 Å². The van der Waals surface area contributed by atoms with Gasteiger partial charge in [0.05, 0.1) is 5.54 Å². The number of hydrogen-bond donors (Lipinski definition) is 1. The van der Waals surface area contributed by atoms with Gasteiger partial charge in [-0.05, 0) is 33.0 Å². The van der Waals surface area contributed by atoms with Crippen LogP contribution in [0.4, 0.5) is 0 Å². The predicted octanol–water partition coefficient (Wildman–Crippen LogP) is 1.95. The minimum atomic E-state index is -0.210. The third kappa shape index (κ3) is 1.89. The van der Waals surface area contributed by atoms with Gasteiger partial charge in [0.25, 0.3) is 0 Å². The molecule has 0 unspecified atom stereocenters. The van der Waals surface area contributed by atoms with Crippen molar-refractivity contribution < 1.29 is 0 Å². The molecule has 2 heterocycles. The minimum Gasteiger partial charge on any atom is -0.308 e. The highest BCUT2D eigenvalue weighted by Crippen LogP contribution is 2.18. The van der Waals surface area contributed by atoms with Gasteiger partial charge >= 0.3 is 0 Å². The molecule has 0 aliphatic heterocycles. The van der Waals surface area contributed by atoms with Gasteiger partial charge in [-0.25, -0.2) is 9.50 Å². The fourth-order valence-electron chi connectivity index (χ4n) is 1.23. The zero-order chi connectivity index (χ0) is 11.1. The average Bonchev–Trinajstić information content (AvgIpc) is 2.61. The van der Waals surface area contributed by atoms with Gasteiger partial charge in [-0.1, -0.05) is 15.9 Å². The Balaban J connectivity index is 2.56. The molecule has 2 aromatic rings. The highest BCUT2D eigenvalue weighted by atomic mass is 79.9. The van der Waals surface area contributed by atoms with Gasteiger partial charge in [-0.3, -0.25) is 0 Å². The van der Waals surface area contributed by atoms with Crippen LogP contribution in [0.15, 0.2) is 22.8 Å². The van der Waals surface area contributed by atoms with Gasteiger partial charge in [0.1, 0.15) is 0 Å². The molecular formula is C10H13BrN4. The van der Waals surface area contributed by atoms with Gasteiger partial charge < -0.3 is 5.32 Å². The Hall–Kier alpha value is -0.940. The van der Waals surface area contributed by atoms with E-state index in [1.165, 1.54) is 0 Å². The Morgan fingerprint density at radius 1 is 1.47 bits per heavy atom. The van der Waals surface area contributed by atoms with Crippen LogP contribution in [0.1, 0.15) is 19.7 Å². The lowest BCUT2D eigenvalue weighted by atomic mass is 10.1. The monoisotopic (exact) mass is 268 g/mol. The number of nitrogens with zero attached hydrogens (tertiary/aromatic N) is 3. The zero-order valence-electron chi connectivity index (χ0n) is 8.95. The number of pyridine rings is 1. The van der Waals surface area contributed by atoms with Gasteiger partial charge in [-0.15, -0.1) is 5.10 Å². The number of halogens is 1. The van der Waals surface area contributed by atoms with Gasteiger partial charge in [0.2, 0.25) is 0 Å². The summed E-state index contributed by atoms with van der Waals surface area (Å²) >= 11 is 3.41. The maximum atomic E-state index is 4.48. The first-order valence-electron chi connectivity index (χ1n) is 4.74. The van der Waals surface area contributed by atoms with E-state index in [2.05, 4.69) is 45.2 Å². The van der Waals surface area contributed by atoms with Crippen molar-refractivity contribution in [1.29, 1.82) is 0 Å². The summed E-state index contributed by atoms with van der Waals surface area (Å²) in [6, 6.07) is 3.89. The van der Waals surface area contributed by atoms with Crippen LogP contribution in [0, 0.1) is 0 Å². The molecule has 0 aromatic carbocycles. The van der Waals surface area contributed by atoms with E-state index in [1.54, 1.807) is 4.52 Å². The molecule has 0 aliphatic rings. The third-order valence-corrected chi connectivity index (χ3v) is 2.98. The van der Waals surface area contributed by atoms with Crippen molar-refractivity contribution in [3.05, 3.63) is 28.6 Å². The summed E-state index contributed by atoms with van der Waals surface area (Å²) in [7, 11) is 1.90. The summed E-state index contributed by atoms with van der Waals surface area (Å²) in [4.78, 5) is 4.48. The molecule has 0 saturated carbocycles. The van der Waals surface area contributed by atoms with Crippen LogP contribution in [0.3, 0.4) is 0 Å². The number of fused-ring (bicyclic) bond motifs is 1. The highest BCUT2D eigenvalue weighted by Gasteiger charge is 2.23. The molecule has 80 valence electrons. The molecule has 0 bridgehead atoms. The molecule has 0 spiro atoms. The maximum Gasteiger partial charge on any atom is 0.171 e. The van der Waals surface area contributed by atoms with Gasteiger partial charge in [-0.2, -0.15) is 0 Å². The van der Waals surface area contributed by atoms with Crippen LogP contribution >= 0.6 is 15.9 Å². The first-order chi connectivity index (χ1) is 7.03. The zero-order valence-corrected chi connectivity index (χ0v) is 10.5. The molecule has 5 heteroatoms. The first-order valence-corrected chi connectivity index (χ1v) is 5.53. The normalized spacial score (nSPS) is 12.3. The lowest BCUT2D eigenvalue weighted by Gasteiger charge is -2.19. The van der Waals surface area contributed by atoms with Crippen molar-refractivity contribution in [3.8, 4) is 0 Å². The van der Waals surface area contributed by atoms with E-state index < -0.39 is 0 Å². The molecule has 15 heavy (non-hydrogen) atoms. The third-order valence-electron chi connectivity index (χ3n) is 2.48. The molecular weight excluding hydrogens is 256 g/mol. The minimum absolute atomic E-state index is 0.210. The smallest absolute Gasteiger partial charge is 0.171 e. The summed E-state index contributed by atoms with van der Waals surface area (Å²) < 4.78 is 2.79. The average molecular weight is 269 g/mol. The summed E-state index contributed by atoms with van der Waals surface area (Å²) in [5.74, 6) is 0.795. The van der Waals surface area contributed by atoms with Crippen LogP contribution in [-0.4, -0.2) is 21.6 Å². The Morgan fingerprint density at radius 2 is 2.20 bits per heavy atom. The van der Waals surface area contributed by atoms with E-state index in [0.29, 0.717) is 0 Å². The van der Waals surface area contributed by atoms with Crippen molar-refractivity contribution >= 4 is 21.6 Å². The van der Waals surface area contributed by atoms with E-state index in [-0.39, 0.29) is 5.54 Å². The van der Waals surface area contributed by atoms with Crippen LogP contribution in [-0.2, 0) is 5.54 Å². The van der Waals surface area contributed by atoms with Crippen molar-refractivity contribution in [3.63, 3.8) is 0 Å².